The van der Waals surface area contributed by atoms with E-state index in [1.165, 1.54) is 13.0 Å². The Balaban J connectivity index is 2.73. The number of hydrogen-bond donors (Lipinski definition) is 3. The summed E-state index contributed by atoms with van der Waals surface area (Å²) in [4.78, 5) is 24.7. The average Bonchev–Trinajstić information content (AvgIpc) is 3.66. The van der Waals surface area contributed by atoms with E-state index >= 15 is 0 Å². The standard InChI is InChI=1S/C30H49ClO7/c1-8-23(32)15-16-30(7,36)26(38-27(34)18-31)14-13-21(5)28(35)20(4)12-10-11-19(3)17-25-29(37-25)22(6)24(33)9-2/h10-14,19,21-26,29,32-33,36H,8-9,15-18H2,1-7H3/b11-10+,14-13+,20-12+. The fourth-order valence-corrected chi connectivity index (χ4v) is 4.45. The molecule has 9 atom stereocenters. The molecule has 7 nitrogen and oxygen atoms in total. The molecule has 1 rings (SSSR count). The van der Waals surface area contributed by atoms with Crippen molar-refractivity contribution in [3.8, 4) is 0 Å². The molecule has 1 fully saturated rings. The van der Waals surface area contributed by atoms with Gasteiger partial charge in [-0.3, -0.25) is 9.59 Å². The van der Waals surface area contributed by atoms with E-state index < -0.39 is 29.7 Å². The Bertz CT molecular complexity index is 834. The molecule has 1 heterocycles. The number of allylic oxidation sites excluding steroid dienone is 5. The summed E-state index contributed by atoms with van der Waals surface area (Å²) < 4.78 is 11.1. The van der Waals surface area contributed by atoms with Crippen molar-refractivity contribution in [2.75, 3.05) is 5.88 Å². The van der Waals surface area contributed by atoms with Crippen LogP contribution in [0.25, 0.3) is 0 Å². The van der Waals surface area contributed by atoms with Crippen LogP contribution in [0.2, 0.25) is 0 Å². The fourth-order valence-electron chi connectivity index (χ4n) is 4.38. The van der Waals surface area contributed by atoms with E-state index in [4.69, 9.17) is 21.1 Å². The van der Waals surface area contributed by atoms with Gasteiger partial charge in [0.1, 0.15) is 17.6 Å². The normalized spacial score (nSPS) is 24.4. The molecule has 1 saturated heterocycles. The van der Waals surface area contributed by atoms with Gasteiger partial charge in [-0.1, -0.05) is 58.9 Å². The number of esters is 1. The second-order valence-electron chi connectivity index (χ2n) is 11.0. The van der Waals surface area contributed by atoms with Gasteiger partial charge in [0.25, 0.3) is 0 Å². The number of hydrogen-bond acceptors (Lipinski definition) is 7. The van der Waals surface area contributed by atoms with Crippen LogP contribution in [0.5, 0.6) is 0 Å². The number of halogens is 1. The number of ether oxygens (including phenoxy) is 2. The Morgan fingerprint density at radius 1 is 1.11 bits per heavy atom. The minimum absolute atomic E-state index is 0.0880. The van der Waals surface area contributed by atoms with E-state index in [2.05, 4.69) is 6.92 Å². The van der Waals surface area contributed by atoms with E-state index in [1.54, 1.807) is 26.0 Å². The molecule has 3 N–H and O–H groups in total. The molecule has 0 aromatic heterocycles. The fraction of sp³-hybridized carbons (Fsp3) is 0.733. The molecule has 1 aliphatic rings. The van der Waals surface area contributed by atoms with Gasteiger partial charge in [-0.05, 0) is 63.5 Å². The lowest BCUT2D eigenvalue weighted by Gasteiger charge is -2.31. The van der Waals surface area contributed by atoms with Crippen molar-refractivity contribution < 1.29 is 34.4 Å². The van der Waals surface area contributed by atoms with Gasteiger partial charge in [-0.25, -0.2) is 0 Å². The predicted molar refractivity (Wildman–Crippen MR) is 151 cm³/mol. The smallest absolute Gasteiger partial charge is 0.321 e. The minimum Gasteiger partial charge on any atom is -0.454 e. The van der Waals surface area contributed by atoms with Crippen LogP contribution in [0.3, 0.4) is 0 Å². The van der Waals surface area contributed by atoms with Gasteiger partial charge in [0, 0.05) is 11.8 Å². The van der Waals surface area contributed by atoms with Crippen molar-refractivity contribution in [3.05, 3.63) is 36.0 Å². The van der Waals surface area contributed by atoms with Crippen molar-refractivity contribution >= 4 is 23.4 Å². The summed E-state index contributed by atoms with van der Waals surface area (Å²) in [6.07, 6.45) is 9.91. The SMILES string of the molecule is CCC(O)CCC(C)(O)C(/C=C/C(C)C(=O)/C(C)=C/C=C/C(C)CC1OC1C(C)C(O)CC)OC(=O)CCl. The van der Waals surface area contributed by atoms with E-state index in [1.807, 2.05) is 32.9 Å². The number of aliphatic hydroxyl groups is 3. The number of ketones is 1. The molecule has 9 unspecified atom stereocenters. The Morgan fingerprint density at radius 2 is 1.76 bits per heavy atom. The highest BCUT2D eigenvalue weighted by Gasteiger charge is 2.44. The summed E-state index contributed by atoms with van der Waals surface area (Å²) in [5, 5.41) is 30.8. The summed E-state index contributed by atoms with van der Waals surface area (Å²) in [7, 11) is 0. The van der Waals surface area contributed by atoms with Crippen LogP contribution in [0.15, 0.2) is 36.0 Å². The van der Waals surface area contributed by atoms with Crippen LogP contribution < -0.4 is 0 Å². The quantitative estimate of drug-likeness (QED) is 0.0548. The number of rotatable bonds is 18. The van der Waals surface area contributed by atoms with Gasteiger partial charge in [0.2, 0.25) is 0 Å². The lowest BCUT2D eigenvalue weighted by molar-refractivity contribution is -0.156. The predicted octanol–water partition coefficient (Wildman–Crippen LogP) is 4.90. The first-order chi connectivity index (χ1) is 17.8. The number of alkyl halides is 1. The van der Waals surface area contributed by atoms with Crippen LogP contribution in [-0.4, -0.2) is 69.1 Å². The molecule has 0 aromatic rings. The largest absolute Gasteiger partial charge is 0.454 e. The lowest BCUT2D eigenvalue weighted by Crippen LogP contribution is -2.42. The van der Waals surface area contributed by atoms with Crippen molar-refractivity contribution in [1.82, 2.24) is 0 Å². The third-order valence-electron chi connectivity index (χ3n) is 7.37. The van der Waals surface area contributed by atoms with E-state index in [0.29, 0.717) is 18.4 Å². The van der Waals surface area contributed by atoms with Crippen LogP contribution >= 0.6 is 11.6 Å². The molecule has 0 bridgehead atoms. The first kappa shape index (κ1) is 34.5. The van der Waals surface area contributed by atoms with Crippen molar-refractivity contribution in [3.63, 3.8) is 0 Å². The molecular formula is C30H49ClO7. The lowest BCUT2D eigenvalue weighted by atomic mass is 9.89. The molecule has 0 aliphatic carbocycles. The summed E-state index contributed by atoms with van der Waals surface area (Å²) in [5.41, 5.74) is -0.851. The maximum atomic E-state index is 12.9. The third-order valence-corrected chi connectivity index (χ3v) is 7.59. The highest BCUT2D eigenvalue weighted by Crippen LogP contribution is 2.36. The maximum Gasteiger partial charge on any atom is 0.321 e. The van der Waals surface area contributed by atoms with Gasteiger partial charge in [0.15, 0.2) is 5.78 Å². The molecule has 0 aromatic carbocycles. The second kappa shape index (κ2) is 16.6. The van der Waals surface area contributed by atoms with Gasteiger partial charge in [0.05, 0.1) is 24.4 Å². The van der Waals surface area contributed by atoms with Crippen molar-refractivity contribution in [2.45, 2.75) is 117 Å². The number of Topliss-reactive ketones (excluding diaryl/α,β-unsaturated/α-hetero) is 1. The summed E-state index contributed by atoms with van der Waals surface area (Å²) in [6, 6.07) is 0. The molecule has 0 amide bonds. The number of aliphatic hydroxyl groups excluding tert-OH is 2. The monoisotopic (exact) mass is 556 g/mol. The molecule has 38 heavy (non-hydrogen) atoms. The van der Waals surface area contributed by atoms with E-state index in [-0.39, 0.29) is 48.2 Å². The highest BCUT2D eigenvalue weighted by molar-refractivity contribution is 6.26. The minimum atomic E-state index is -1.43. The van der Waals surface area contributed by atoms with Crippen LogP contribution in [-0.2, 0) is 19.1 Å². The molecule has 0 saturated carbocycles. The molecular weight excluding hydrogens is 508 g/mol. The Labute approximate surface area is 233 Å². The van der Waals surface area contributed by atoms with Gasteiger partial charge < -0.3 is 24.8 Å². The van der Waals surface area contributed by atoms with Crippen LogP contribution in [0, 0.1) is 17.8 Å². The summed E-state index contributed by atoms with van der Waals surface area (Å²) >= 11 is 5.59. The molecule has 218 valence electrons. The summed E-state index contributed by atoms with van der Waals surface area (Å²) in [5.74, 6) is -1.23. The number of epoxide rings is 1. The summed E-state index contributed by atoms with van der Waals surface area (Å²) in [6.45, 7) is 13.0. The highest BCUT2D eigenvalue weighted by atomic mass is 35.5. The average molecular weight is 557 g/mol. The zero-order chi connectivity index (χ0) is 29.0. The second-order valence-corrected chi connectivity index (χ2v) is 11.2. The van der Waals surface area contributed by atoms with Gasteiger partial charge in [-0.2, -0.15) is 0 Å². The Hall–Kier alpha value is -1.51. The van der Waals surface area contributed by atoms with Gasteiger partial charge >= 0.3 is 5.97 Å². The van der Waals surface area contributed by atoms with Crippen LogP contribution in [0.4, 0.5) is 0 Å². The van der Waals surface area contributed by atoms with E-state index in [9.17, 15) is 24.9 Å². The van der Waals surface area contributed by atoms with Crippen molar-refractivity contribution in [2.24, 2.45) is 17.8 Å². The van der Waals surface area contributed by atoms with Crippen molar-refractivity contribution in [1.29, 1.82) is 0 Å². The Kier molecular flexibility index (Phi) is 15.0. The van der Waals surface area contributed by atoms with E-state index in [0.717, 1.165) is 12.8 Å². The number of carbonyl (C=O) groups is 2. The molecule has 0 radical (unpaired) electrons. The maximum absolute atomic E-state index is 12.9. The topological polar surface area (TPSA) is 117 Å². The molecule has 8 heteroatoms. The molecule has 1 aliphatic heterocycles. The zero-order valence-electron chi connectivity index (χ0n) is 24.1. The first-order valence-corrected chi connectivity index (χ1v) is 14.4. The van der Waals surface area contributed by atoms with Crippen LogP contribution in [0.1, 0.15) is 80.6 Å². The molecule has 0 spiro atoms. The first-order valence-electron chi connectivity index (χ1n) is 13.8. The third kappa shape index (κ3) is 11.7. The number of carbonyl (C=O) groups excluding carboxylic acids is 2. The van der Waals surface area contributed by atoms with Gasteiger partial charge in [-0.15, -0.1) is 11.6 Å². The Morgan fingerprint density at radius 3 is 2.34 bits per heavy atom. The zero-order valence-corrected chi connectivity index (χ0v) is 24.9.